The molecule has 148 valence electrons. The van der Waals surface area contributed by atoms with Crippen LogP contribution in [0.5, 0.6) is 11.5 Å². The van der Waals surface area contributed by atoms with Crippen molar-refractivity contribution in [2.75, 3.05) is 26.7 Å². The average Bonchev–Trinajstić information content (AvgIpc) is 2.95. The first-order valence-corrected chi connectivity index (χ1v) is 10.5. The molecule has 1 aromatic heterocycles. The number of ether oxygens (including phenoxy) is 2. The van der Waals surface area contributed by atoms with Crippen LogP contribution in [0.3, 0.4) is 0 Å². The molecule has 0 saturated carbocycles. The standard InChI is InChI=1S/C21H30N2O3S/c1-4-12-23-13-5-10-21(24,11-14-23)20-22-16(2)19(27-20)15-26-18-8-6-17(25-3)7-9-18/h6-9,24H,4-5,10-15H2,1-3H3. The molecule has 5 nitrogen and oxygen atoms in total. The van der Waals surface area contributed by atoms with Gasteiger partial charge in [0.25, 0.3) is 0 Å². The van der Waals surface area contributed by atoms with Crippen LogP contribution in [0.2, 0.25) is 0 Å². The predicted octanol–water partition coefficient (Wildman–Crippen LogP) is 4.12. The molecule has 1 atom stereocenters. The number of hydrogen-bond acceptors (Lipinski definition) is 6. The van der Waals surface area contributed by atoms with Crippen molar-refractivity contribution < 1.29 is 14.6 Å². The number of rotatable bonds is 7. The van der Waals surface area contributed by atoms with Crippen molar-refractivity contribution in [2.24, 2.45) is 0 Å². The Hall–Kier alpha value is -1.63. The van der Waals surface area contributed by atoms with E-state index in [1.807, 2.05) is 31.2 Å². The molecule has 0 bridgehead atoms. The molecule has 1 aliphatic rings. The molecule has 1 aromatic carbocycles. The SMILES string of the molecule is CCCN1CCCC(O)(c2nc(C)c(COc3ccc(OC)cc3)s2)CC1. The Kier molecular flexibility index (Phi) is 6.73. The third kappa shape index (κ3) is 5.00. The molecular weight excluding hydrogens is 360 g/mol. The fourth-order valence-electron chi connectivity index (χ4n) is 3.51. The van der Waals surface area contributed by atoms with Crippen molar-refractivity contribution in [1.29, 1.82) is 0 Å². The Morgan fingerprint density at radius 2 is 1.93 bits per heavy atom. The normalized spacial score (nSPS) is 21.0. The van der Waals surface area contributed by atoms with Crippen LogP contribution in [-0.2, 0) is 12.2 Å². The second kappa shape index (κ2) is 9.04. The second-order valence-corrected chi connectivity index (χ2v) is 8.30. The first kappa shape index (κ1) is 20.1. The summed E-state index contributed by atoms with van der Waals surface area (Å²) in [5, 5.41) is 12.1. The summed E-state index contributed by atoms with van der Waals surface area (Å²) in [5.74, 6) is 1.61. The van der Waals surface area contributed by atoms with Crippen LogP contribution in [0, 0.1) is 6.92 Å². The molecule has 1 unspecified atom stereocenters. The van der Waals surface area contributed by atoms with Crippen LogP contribution < -0.4 is 9.47 Å². The van der Waals surface area contributed by atoms with E-state index in [1.165, 1.54) is 0 Å². The quantitative estimate of drug-likeness (QED) is 0.771. The van der Waals surface area contributed by atoms with Gasteiger partial charge in [0.2, 0.25) is 0 Å². The minimum atomic E-state index is -0.809. The number of likely N-dealkylation sites (tertiary alicyclic amines) is 1. The summed E-state index contributed by atoms with van der Waals surface area (Å²) in [5.41, 5.74) is 0.141. The lowest BCUT2D eigenvalue weighted by molar-refractivity contribution is 0.0209. The zero-order chi connectivity index (χ0) is 19.3. The van der Waals surface area contributed by atoms with E-state index in [0.717, 1.165) is 72.4 Å². The minimum Gasteiger partial charge on any atom is -0.497 e. The van der Waals surface area contributed by atoms with Gasteiger partial charge in [0, 0.05) is 6.54 Å². The molecule has 27 heavy (non-hydrogen) atoms. The summed E-state index contributed by atoms with van der Waals surface area (Å²) in [4.78, 5) is 8.23. The Morgan fingerprint density at radius 3 is 2.63 bits per heavy atom. The number of methoxy groups -OCH3 is 1. The van der Waals surface area contributed by atoms with E-state index in [1.54, 1.807) is 18.4 Å². The van der Waals surface area contributed by atoms with E-state index in [2.05, 4.69) is 11.8 Å². The molecule has 1 fully saturated rings. The lowest BCUT2D eigenvalue weighted by Crippen LogP contribution is -2.29. The summed E-state index contributed by atoms with van der Waals surface area (Å²) in [6.07, 6.45) is 3.69. The number of aliphatic hydroxyl groups is 1. The Morgan fingerprint density at radius 1 is 1.19 bits per heavy atom. The molecular formula is C21H30N2O3S. The van der Waals surface area contributed by atoms with Gasteiger partial charge in [-0.1, -0.05) is 6.92 Å². The van der Waals surface area contributed by atoms with E-state index in [-0.39, 0.29) is 0 Å². The van der Waals surface area contributed by atoms with E-state index in [9.17, 15) is 5.11 Å². The number of thiazole rings is 1. The third-order valence-electron chi connectivity index (χ3n) is 5.17. The van der Waals surface area contributed by atoms with Crippen LogP contribution >= 0.6 is 11.3 Å². The van der Waals surface area contributed by atoms with Crippen molar-refractivity contribution >= 4 is 11.3 Å². The van der Waals surface area contributed by atoms with Crippen LogP contribution in [0.15, 0.2) is 24.3 Å². The number of hydrogen-bond donors (Lipinski definition) is 1. The van der Waals surface area contributed by atoms with Gasteiger partial charge in [0.15, 0.2) is 0 Å². The van der Waals surface area contributed by atoms with Crippen LogP contribution in [-0.4, -0.2) is 41.7 Å². The van der Waals surface area contributed by atoms with Crippen LogP contribution in [0.4, 0.5) is 0 Å². The summed E-state index contributed by atoms with van der Waals surface area (Å²) in [6, 6.07) is 7.57. The Balaban J connectivity index is 1.66. The average molecular weight is 391 g/mol. The maximum atomic E-state index is 11.3. The molecule has 1 aliphatic heterocycles. The molecule has 6 heteroatoms. The number of nitrogens with zero attached hydrogens (tertiary/aromatic N) is 2. The first-order chi connectivity index (χ1) is 13.0. The van der Waals surface area contributed by atoms with Crippen molar-refractivity contribution in [3.05, 3.63) is 39.8 Å². The molecule has 0 spiro atoms. The molecule has 0 aliphatic carbocycles. The molecule has 2 aromatic rings. The van der Waals surface area contributed by atoms with Gasteiger partial charge in [-0.05, 0) is 70.0 Å². The summed E-state index contributed by atoms with van der Waals surface area (Å²) in [6.45, 7) is 7.77. The van der Waals surface area contributed by atoms with Crippen molar-refractivity contribution in [3.63, 3.8) is 0 Å². The Bertz CT molecular complexity index is 732. The second-order valence-electron chi connectivity index (χ2n) is 7.22. The van der Waals surface area contributed by atoms with E-state index in [0.29, 0.717) is 6.61 Å². The third-order valence-corrected chi connectivity index (χ3v) is 6.49. The van der Waals surface area contributed by atoms with Crippen molar-refractivity contribution in [2.45, 2.75) is 51.7 Å². The highest BCUT2D eigenvalue weighted by molar-refractivity contribution is 7.11. The molecule has 1 N–H and O–H groups in total. The van der Waals surface area contributed by atoms with Gasteiger partial charge in [-0.2, -0.15) is 0 Å². The largest absolute Gasteiger partial charge is 0.497 e. The highest BCUT2D eigenvalue weighted by Gasteiger charge is 2.35. The minimum absolute atomic E-state index is 0.466. The molecule has 0 radical (unpaired) electrons. The Labute approximate surface area is 166 Å². The maximum absolute atomic E-state index is 11.3. The molecule has 1 saturated heterocycles. The lowest BCUT2D eigenvalue weighted by Gasteiger charge is -2.24. The molecule has 3 rings (SSSR count). The topological polar surface area (TPSA) is 54.8 Å². The summed E-state index contributed by atoms with van der Waals surface area (Å²) in [7, 11) is 1.65. The summed E-state index contributed by atoms with van der Waals surface area (Å²) >= 11 is 1.59. The van der Waals surface area contributed by atoms with Gasteiger partial charge in [-0.25, -0.2) is 4.98 Å². The maximum Gasteiger partial charge on any atom is 0.125 e. The van der Waals surface area contributed by atoms with Crippen molar-refractivity contribution in [3.8, 4) is 11.5 Å². The lowest BCUT2D eigenvalue weighted by atomic mass is 9.96. The van der Waals surface area contributed by atoms with Gasteiger partial charge >= 0.3 is 0 Å². The zero-order valence-corrected chi connectivity index (χ0v) is 17.3. The molecule has 0 amide bonds. The zero-order valence-electron chi connectivity index (χ0n) is 16.5. The number of benzene rings is 1. The van der Waals surface area contributed by atoms with E-state index < -0.39 is 5.60 Å². The fourth-order valence-corrected chi connectivity index (χ4v) is 4.63. The van der Waals surface area contributed by atoms with E-state index in [4.69, 9.17) is 14.5 Å². The van der Waals surface area contributed by atoms with E-state index >= 15 is 0 Å². The smallest absolute Gasteiger partial charge is 0.125 e. The fraction of sp³-hybridized carbons (Fsp3) is 0.571. The van der Waals surface area contributed by atoms with Gasteiger partial charge in [0.1, 0.15) is 28.7 Å². The number of aryl methyl sites for hydroxylation is 1. The highest BCUT2D eigenvalue weighted by atomic mass is 32.1. The predicted molar refractivity (Wildman–Crippen MR) is 109 cm³/mol. The van der Waals surface area contributed by atoms with Crippen molar-refractivity contribution in [1.82, 2.24) is 9.88 Å². The van der Waals surface area contributed by atoms with Gasteiger partial charge in [-0.15, -0.1) is 11.3 Å². The van der Waals surface area contributed by atoms with Gasteiger partial charge in [0.05, 0.1) is 17.7 Å². The van der Waals surface area contributed by atoms with Crippen LogP contribution in [0.25, 0.3) is 0 Å². The molecule has 2 heterocycles. The van der Waals surface area contributed by atoms with Crippen LogP contribution in [0.1, 0.15) is 48.2 Å². The van der Waals surface area contributed by atoms with Gasteiger partial charge in [-0.3, -0.25) is 0 Å². The monoisotopic (exact) mass is 390 g/mol. The highest BCUT2D eigenvalue weighted by Crippen LogP contribution is 2.36. The first-order valence-electron chi connectivity index (χ1n) is 9.72. The summed E-state index contributed by atoms with van der Waals surface area (Å²) < 4.78 is 11.1. The van der Waals surface area contributed by atoms with Gasteiger partial charge < -0.3 is 19.5 Å². The number of aromatic nitrogens is 1.